The molecule has 0 aliphatic carbocycles. The first-order valence-corrected chi connectivity index (χ1v) is 9.99. The Labute approximate surface area is 170 Å². The number of ether oxygens (including phenoxy) is 1. The molecule has 1 N–H and O–H groups in total. The van der Waals surface area contributed by atoms with Crippen molar-refractivity contribution in [3.8, 4) is 5.75 Å². The van der Waals surface area contributed by atoms with Gasteiger partial charge in [0.2, 0.25) is 5.91 Å². The molecule has 28 heavy (non-hydrogen) atoms. The van der Waals surface area contributed by atoms with Crippen LogP contribution in [0.25, 0.3) is 0 Å². The number of likely N-dealkylation sites (tertiary alicyclic amines) is 1. The van der Waals surface area contributed by atoms with Crippen molar-refractivity contribution in [2.45, 2.75) is 32.6 Å². The van der Waals surface area contributed by atoms with E-state index in [4.69, 9.17) is 16.3 Å². The van der Waals surface area contributed by atoms with E-state index in [0.29, 0.717) is 35.7 Å². The van der Waals surface area contributed by atoms with Crippen molar-refractivity contribution in [1.82, 2.24) is 4.90 Å². The summed E-state index contributed by atoms with van der Waals surface area (Å²) in [6.45, 7) is 3.95. The summed E-state index contributed by atoms with van der Waals surface area (Å²) in [5.74, 6) is 0.606. The van der Waals surface area contributed by atoms with E-state index in [2.05, 4.69) is 5.32 Å². The fourth-order valence-electron chi connectivity index (χ4n) is 3.24. The van der Waals surface area contributed by atoms with Gasteiger partial charge in [0.05, 0.1) is 17.9 Å². The molecule has 2 aromatic carbocycles. The van der Waals surface area contributed by atoms with E-state index in [1.54, 1.807) is 18.2 Å². The maximum absolute atomic E-state index is 12.7. The first-order chi connectivity index (χ1) is 13.5. The monoisotopic (exact) mass is 400 g/mol. The SMILES string of the molecule is Cc1ccccc1OCCCC(=O)Nc1cc(Cl)ccc1C(=O)N1CCCC1. The van der Waals surface area contributed by atoms with E-state index in [9.17, 15) is 9.59 Å². The Hall–Kier alpha value is -2.53. The first kappa shape index (κ1) is 20.2. The van der Waals surface area contributed by atoms with Crippen molar-refractivity contribution < 1.29 is 14.3 Å². The molecule has 0 spiro atoms. The standard InChI is InChI=1S/C22H25ClN2O3/c1-16-7-2-3-8-20(16)28-14-6-9-21(26)24-19-15-17(23)10-11-18(19)22(27)25-12-4-5-13-25/h2-3,7-8,10-11,15H,4-6,9,12-14H2,1H3,(H,24,26). The normalized spacial score (nSPS) is 13.4. The molecule has 1 aliphatic heterocycles. The number of hydrogen-bond acceptors (Lipinski definition) is 3. The van der Waals surface area contributed by atoms with Gasteiger partial charge < -0.3 is 15.0 Å². The molecule has 0 unspecified atom stereocenters. The highest BCUT2D eigenvalue weighted by atomic mass is 35.5. The highest BCUT2D eigenvalue weighted by Crippen LogP contribution is 2.24. The maximum Gasteiger partial charge on any atom is 0.255 e. The van der Waals surface area contributed by atoms with Gasteiger partial charge in [0.15, 0.2) is 0 Å². The molecular weight excluding hydrogens is 376 g/mol. The Kier molecular flexibility index (Phi) is 6.93. The quantitative estimate of drug-likeness (QED) is 0.686. The number of anilines is 1. The van der Waals surface area contributed by atoms with Crippen LogP contribution in [0.1, 0.15) is 41.6 Å². The second-order valence-corrected chi connectivity index (χ2v) is 7.39. The van der Waals surface area contributed by atoms with Crippen LogP contribution in [-0.4, -0.2) is 36.4 Å². The number of aryl methyl sites for hydroxylation is 1. The molecule has 0 atom stereocenters. The molecule has 6 heteroatoms. The van der Waals surface area contributed by atoms with Gasteiger partial charge in [-0.15, -0.1) is 0 Å². The first-order valence-electron chi connectivity index (χ1n) is 9.62. The lowest BCUT2D eigenvalue weighted by Crippen LogP contribution is -2.28. The second kappa shape index (κ2) is 9.60. The van der Waals surface area contributed by atoms with Gasteiger partial charge in [-0.3, -0.25) is 9.59 Å². The lowest BCUT2D eigenvalue weighted by Gasteiger charge is -2.18. The minimum atomic E-state index is -0.161. The van der Waals surface area contributed by atoms with Crippen LogP contribution in [0.5, 0.6) is 5.75 Å². The fourth-order valence-corrected chi connectivity index (χ4v) is 3.41. The largest absolute Gasteiger partial charge is 0.493 e. The molecule has 1 fully saturated rings. The van der Waals surface area contributed by atoms with E-state index >= 15 is 0 Å². The molecule has 1 heterocycles. The Morgan fingerprint density at radius 2 is 1.89 bits per heavy atom. The Bertz CT molecular complexity index is 847. The van der Waals surface area contributed by atoms with Gasteiger partial charge in [0.25, 0.3) is 5.91 Å². The topological polar surface area (TPSA) is 58.6 Å². The highest BCUT2D eigenvalue weighted by Gasteiger charge is 2.22. The minimum Gasteiger partial charge on any atom is -0.493 e. The molecule has 5 nitrogen and oxygen atoms in total. The van der Waals surface area contributed by atoms with Gasteiger partial charge in [0, 0.05) is 24.5 Å². The number of para-hydroxylation sites is 1. The number of halogens is 1. The Balaban J connectivity index is 1.55. The van der Waals surface area contributed by atoms with Gasteiger partial charge >= 0.3 is 0 Å². The lowest BCUT2D eigenvalue weighted by molar-refractivity contribution is -0.116. The van der Waals surface area contributed by atoms with Crippen LogP contribution in [0, 0.1) is 6.92 Å². The minimum absolute atomic E-state index is 0.0626. The molecule has 0 saturated carbocycles. The number of benzene rings is 2. The average molecular weight is 401 g/mol. The van der Waals surface area contributed by atoms with E-state index in [0.717, 1.165) is 37.2 Å². The highest BCUT2D eigenvalue weighted by molar-refractivity contribution is 6.31. The zero-order valence-electron chi connectivity index (χ0n) is 16.0. The molecular formula is C22H25ClN2O3. The van der Waals surface area contributed by atoms with Crippen molar-refractivity contribution >= 4 is 29.1 Å². The van der Waals surface area contributed by atoms with Crippen LogP contribution in [0.2, 0.25) is 5.02 Å². The summed E-state index contributed by atoms with van der Waals surface area (Å²) in [5.41, 5.74) is 2.01. The maximum atomic E-state index is 12.7. The molecule has 2 amide bonds. The molecule has 3 rings (SSSR count). The second-order valence-electron chi connectivity index (χ2n) is 6.95. The third-order valence-corrected chi connectivity index (χ3v) is 5.01. The van der Waals surface area contributed by atoms with Crippen LogP contribution >= 0.6 is 11.6 Å². The number of hydrogen-bond donors (Lipinski definition) is 1. The summed E-state index contributed by atoms with van der Waals surface area (Å²) >= 11 is 6.08. The fraction of sp³-hybridized carbons (Fsp3) is 0.364. The van der Waals surface area contributed by atoms with Crippen molar-refractivity contribution in [3.05, 3.63) is 58.6 Å². The van der Waals surface area contributed by atoms with Gasteiger partial charge in [-0.2, -0.15) is 0 Å². The molecule has 2 aromatic rings. The lowest BCUT2D eigenvalue weighted by atomic mass is 10.1. The molecule has 1 saturated heterocycles. The number of carbonyl (C=O) groups is 2. The van der Waals surface area contributed by atoms with E-state index in [1.165, 1.54) is 0 Å². The van der Waals surface area contributed by atoms with Gasteiger partial charge in [0.1, 0.15) is 5.75 Å². The summed E-state index contributed by atoms with van der Waals surface area (Å²) < 4.78 is 5.72. The molecule has 148 valence electrons. The Morgan fingerprint density at radius 1 is 1.14 bits per heavy atom. The summed E-state index contributed by atoms with van der Waals surface area (Å²) in [4.78, 5) is 26.9. The summed E-state index contributed by atoms with van der Waals surface area (Å²) in [5, 5.41) is 3.32. The molecule has 0 bridgehead atoms. The number of nitrogens with one attached hydrogen (secondary N) is 1. The van der Waals surface area contributed by atoms with Crippen molar-refractivity contribution in [1.29, 1.82) is 0 Å². The third kappa shape index (κ3) is 5.26. The molecule has 0 radical (unpaired) electrons. The van der Waals surface area contributed by atoms with Gasteiger partial charge in [-0.25, -0.2) is 0 Å². The van der Waals surface area contributed by atoms with Crippen molar-refractivity contribution in [3.63, 3.8) is 0 Å². The van der Waals surface area contributed by atoms with E-state index < -0.39 is 0 Å². The number of rotatable bonds is 7. The van der Waals surface area contributed by atoms with Crippen LogP contribution in [0.4, 0.5) is 5.69 Å². The molecule has 1 aliphatic rings. The number of amides is 2. The summed E-state index contributed by atoms with van der Waals surface area (Å²) in [6.07, 6.45) is 2.91. The predicted molar refractivity (Wildman–Crippen MR) is 111 cm³/mol. The number of nitrogens with zero attached hydrogens (tertiary/aromatic N) is 1. The summed E-state index contributed by atoms with van der Waals surface area (Å²) in [7, 11) is 0. The predicted octanol–water partition coefficient (Wildman–Crippen LogP) is 4.68. The zero-order valence-corrected chi connectivity index (χ0v) is 16.8. The van der Waals surface area contributed by atoms with Crippen molar-refractivity contribution in [2.75, 3.05) is 25.0 Å². The van der Waals surface area contributed by atoms with Crippen LogP contribution in [-0.2, 0) is 4.79 Å². The van der Waals surface area contributed by atoms with Gasteiger partial charge in [-0.1, -0.05) is 29.8 Å². The van der Waals surface area contributed by atoms with Crippen LogP contribution < -0.4 is 10.1 Å². The summed E-state index contributed by atoms with van der Waals surface area (Å²) in [6, 6.07) is 12.8. The zero-order chi connectivity index (χ0) is 19.9. The van der Waals surface area contributed by atoms with Crippen LogP contribution in [0.3, 0.4) is 0 Å². The smallest absolute Gasteiger partial charge is 0.255 e. The number of carbonyl (C=O) groups excluding carboxylic acids is 2. The third-order valence-electron chi connectivity index (χ3n) is 4.78. The van der Waals surface area contributed by atoms with E-state index in [-0.39, 0.29) is 11.8 Å². The Morgan fingerprint density at radius 3 is 2.64 bits per heavy atom. The molecule has 0 aromatic heterocycles. The van der Waals surface area contributed by atoms with Crippen LogP contribution in [0.15, 0.2) is 42.5 Å². The van der Waals surface area contributed by atoms with Crippen molar-refractivity contribution in [2.24, 2.45) is 0 Å². The van der Waals surface area contributed by atoms with E-state index in [1.807, 2.05) is 36.1 Å². The average Bonchev–Trinajstić information content (AvgIpc) is 3.21. The van der Waals surface area contributed by atoms with Gasteiger partial charge in [-0.05, 0) is 56.0 Å².